The number of hydrogen-bond acceptors (Lipinski definition) is 4. The van der Waals surface area contributed by atoms with Gasteiger partial charge in [-0.15, -0.1) is 0 Å². The number of rotatable bonds is 2. The van der Waals surface area contributed by atoms with E-state index in [0.717, 1.165) is 45.1 Å². The Balaban J connectivity index is 1.75. The van der Waals surface area contributed by atoms with Crippen molar-refractivity contribution >= 4 is 17.4 Å². The minimum absolute atomic E-state index is 0.0753. The number of fused-ring (bicyclic) bond motifs is 5. The summed E-state index contributed by atoms with van der Waals surface area (Å²) in [6, 6.07) is 19.1. The molecule has 2 aliphatic heterocycles. The Hall–Kier alpha value is -4.39. The van der Waals surface area contributed by atoms with E-state index in [1.165, 1.54) is 17.2 Å². The molecule has 0 saturated heterocycles. The molecule has 3 N–H and O–H groups in total. The van der Waals surface area contributed by atoms with E-state index in [-0.39, 0.29) is 23.6 Å². The Labute approximate surface area is 209 Å². The predicted molar refractivity (Wildman–Crippen MR) is 141 cm³/mol. The summed E-state index contributed by atoms with van der Waals surface area (Å²) in [4.78, 5) is 16.6. The number of anilines is 2. The minimum Gasteiger partial charge on any atom is -0.504 e. The third-order valence-corrected chi connectivity index (χ3v) is 7.43. The van der Waals surface area contributed by atoms with E-state index in [1.54, 1.807) is 15.9 Å². The molecule has 0 fully saturated rings. The molecule has 36 heavy (non-hydrogen) atoms. The fourth-order valence-electron chi connectivity index (χ4n) is 5.51. The standard InChI is InChI=1S/C29H28N4O3/c1-16-12-21-22(13-17(16)2)33-26(18-8-6-5-7-9-18)20-15-31(3)29(36)32(4)27(20)28(33)25(30-21)19-10-11-23(34)24(35)14-19/h5-14,25,30,34-35H,15H2,1-4H3. The quantitative estimate of drug-likeness (QED) is 0.322. The lowest BCUT2D eigenvalue weighted by Crippen LogP contribution is -2.43. The summed E-state index contributed by atoms with van der Waals surface area (Å²) in [6.45, 7) is 4.68. The molecule has 1 atom stereocenters. The van der Waals surface area contributed by atoms with Crippen LogP contribution in [0.5, 0.6) is 11.5 Å². The second-order valence-corrected chi connectivity index (χ2v) is 9.74. The Morgan fingerprint density at radius 1 is 0.917 bits per heavy atom. The zero-order valence-corrected chi connectivity index (χ0v) is 20.7. The average molecular weight is 481 g/mol. The fraction of sp³-hybridized carbons (Fsp3) is 0.207. The van der Waals surface area contributed by atoms with Crippen molar-refractivity contribution in [1.82, 2.24) is 9.47 Å². The SMILES string of the molecule is Cc1cc2c(cc1C)-n1c(-c3ccccc3)c3c(c1C(c1ccc(O)c(O)c1)N2)N(C)C(=O)N(C)C3. The van der Waals surface area contributed by atoms with Crippen LogP contribution >= 0.6 is 0 Å². The van der Waals surface area contributed by atoms with E-state index in [1.807, 2.05) is 38.4 Å². The average Bonchev–Trinajstić information content (AvgIpc) is 3.20. The number of amides is 2. The lowest BCUT2D eigenvalue weighted by molar-refractivity contribution is 0.212. The maximum Gasteiger partial charge on any atom is 0.324 e. The number of nitrogens with zero attached hydrogens (tertiary/aromatic N) is 3. The fourth-order valence-corrected chi connectivity index (χ4v) is 5.51. The largest absolute Gasteiger partial charge is 0.504 e. The van der Waals surface area contributed by atoms with Gasteiger partial charge in [0.05, 0.1) is 41.0 Å². The molecule has 1 unspecified atom stereocenters. The van der Waals surface area contributed by atoms with E-state index >= 15 is 0 Å². The number of aromatic hydroxyl groups is 2. The van der Waals surface area contributed by atoms with Crippen LogP contribution in [0, 0.1) is 13.8 Å². The van der Waals surface area contributed by atoms with Crippen molar-refractivity contribution in [2.75, 3.05) is 24.3 Å². The van der Waals surface area contributed by atoms with Crippen LogP contribution in [0.25, 0.3) is 16.9 Å². The molecular weight excluding hydrogens is 452 g/mol. The van der Waals surface area contributed by atoms with Crippen molar-refractivity contribution in [3.63, 3.8) is 0 Å². The molecule has 0 saturated carbocycles. The second-order valence-electron chi connectivity index (χ2n) is 9.74. The molecule has 0 radical (unpaired) electrons. The first-order valence-corrected chi connectivity index (χ1v) is 12.0. The first-order valence-electron chi connectivity index (χ1n) is 12.0. The smallest absolute Gasteiger partial charge is 0.324 e. The van der Waals surface area contributed by atoms with Gasteiger partial charge < -0.3 is 25.0 Å². The lowest BCUT2D eigenvalue weighted by atomic mass is 9.96. The summed E-state index contributed by atoms with van der Waals surface area (Å²) < 4.78 is 2.27. The second kappa shape index (κ2) is 7.81. The molecule has 3 heterocycles. The van der Waals surface area contributed by atoms with Gasteiger partial charge in [-0.05, 0) is 60.4 Å². The predicted octanol–water partition coefficient (Wildman–Crippen LogP) is 5.69. The zero-order chi connectivity index (χ0) is 25.3. The van der Waals surface area contributed by atoms with E-state index in [0.29, 0.717) is 6.54 Å². The van der Waals surface area contributed by atoms with Crippen LogP contribution in [0.3, 0.4) is 0 Å². The number of phenolic OH excluding ortho intramolecular Hbond substituents is 2. The highest BCUT2D eigenvalue weighted by Crippen LogP contribution is 2.51. The molecule has 0 aliphatic carbocycles. The van der Waals surface area contributed by atoms with Gasteiger partial charge >= 0.3 is 6.03 Å². The van der Waals surface area contributed by atoms with E-state index < -0.39 is 0 Å². The summed E-state index contributed by atoms with van der Waals surface area (Å²) in [5.41, 5.74) is 10.1. The molecule has 2 aliphatic rings. The van der Waals surface area contributed by atoms with Gasteiger partial charge in [0.25, 0.3) is 0 Å². The summed E-state index contributed by atoms with van der Waals surface area (Å²) in [7, 11) is 3.64. The van der Waals surface area contributed by atoms with Gasteiger partial charge in [-0.1, -0.05) is 36.4 Å². The normalized spacial score (nSPS) is 16.3. The molecule has 3 aromatic carbocycles. The summed E-state index contributed by atoms with van der Waals surface area (Å²) in [5.74, 6) is -0.350. The zero-order valence-electron chi connectivity index (χ0n) is 20.7. The first kappa shape index (κ1) is 22.1. The number of carbonyl (C=O) groups is 1. The van der Waals surface area contributed by atoms with Gasteiger partial charge in [0.15, 0.2) is 11.5 Å². The highest BCUT2D eigenvalue weighted by atomic mass is 16.3. The van der Waals surface area contributed by atoms with Crippen LogP contribution in [0.15, 0.2) is 60.7 Å². The molecule has 182 valence electrons. The van der Waals surface area contributed by atoms with Crippen molar-refractivity contribution in [1.29, 1.82) is 0 Å². The minimum atomic E-state index is -0.365. The monoisotopic (exact) mass is 480 g/mol. The Morgan fingerprint density at radius 3 is 2.36 bits per heavy atom. The van der Waals surface area contributed by atoms with Crippen molar-refractivity contribution in [3.05, 3.63) is 88.6 Å². The third-order valence-electron chi connectivity index (χ3n) is 7.43. The number of nitrogens with one attached hydrogen (secondary N) is 1. The van der Waals surface area contributed by atoms with Crippen LogP contribution in [-0.4, -0.2) is 39.8 Å². The number of aryl methyl sites for hydroxylation is 2. The molecule has 2 amide bonds. The van der Waals surface area contributed by atoms with Crippen molar-refractivity contribution in [3.8, 4) is 28.4 Å². The molecule has 0 bridgehead atoms. The van der Waals surface area contributed by atoms with Crippen LogP contribution in [-0.2, 0) is 6.54 Å². The van der Waals surface area contributed by atoms with Crippen LogP contribution in [0.2, 0.25) is 0 Å². The Bertz CT molecular complexity index is 1540. The summed E-state index contributed by atoms with van der Waals surface area (Å²) in [5, 5.41) is 24.0. The maximum atomic E-state index is 13.2. The molecule has 7 nitrogen and oxygen atoms in total. The Kier molecular flexibility index (Phi) is 4.80. The molecular formula is C29H28N4O3. The van der Waals surface area contributed by atoms with Gasteiger partial charge in [0, 0.05) is 19.7 Å². The van der Waals surface area contributed by atoms with Crippen molar-refractivity contribution in [2.45, 2.75) is 26.4 Å². The van der Waals surface area contributed by atoms with Crippen molar-refractivity contribution in [2.24, 2.45) is 0 Å². The topological polar surface area (TPSA) is 81.0 Å². The number of urea groups is 1. The Morgan fingerprint density at radius 2 is 1.64 bits per heavy atom. The maximum absolute atomic E-state index is 13.2. The van der Waals surface area contributed by atoms with E-state index in [2.05, 4.69) is 48.0 Å². The molecule has 6 rings (SSSR count). The van der Waals surface area contributed by atoms with Gasteiger partial charge in [0.1, 0.15) is 0 Å². The number of benzene rings is 3. The number of aromatic nitrogens is 1. The van der Waals surface area contributed by atoms with Gasteiger partial charge in [-0.25, -0.2) is 4.79 Å². The van der Waals surface area contributed by atoms with Gasteiger partial charge in [-0.2, -0.15) is 0 Å². The number of phenols is 2. The van der Waals surface area contributed by atoms with Gasteiger partial charge in [0.2, 0.25) is 0 Å². The van der Waals surface area contributed by atoms with Crippen LogP contribution in [0.4, 0.5) is 16.2 Å². The van der Waals surface area contributed by atoms with Crippen molar-refractivity contribution < 1.29 is 15.0 Å². The lowest BCUT2D eigenvalue weighted by Gasteiger charge is -2.35. The summed E-state index contributed by atoms with van der Waals surface area (Å²) >= 11 is 0. The van der Waals surface area contributed by atoms with Gasteiger partial charge in [-0.3, -0.25) is 4.90 Å². The first-order chi connectivity index (χ1) is 17.3. The molecule has 1 aromatic heterocycles. The number of hydrogen-bond donors (Lipinski definition) is 3. The summed E-state index contributed by atoms with van der Waals surface area (Å²) in [6.07, 6.45) is 0. The van der Waals surface area contributed by atoms with Crippen LogP contribution < -0.4 is 10.2 Å². The van der Waals surface area contributed by atoms with E-state index in [9.17, 15) is 15.0 Å². The third kappa shape index (κ3) is 3.09. The molecule has 7 heteroatoms. The highest BCUT2D eigenvalue weighted by Gasteiger charge is 2.40. The van der Waals surface area contributed by atoms with E-state index in [4.69, 9.17) is 0 Å². The van der Waals surface area contributed by atoms with Crippen LogP contribution in [0.1, 0.15) is 34.0 Å². The number of carbonyl (C=O) groups excluding carboxylic acids is 1. The molecule has 0 spiro atoms. The molecule has 4 aromatic rings. The highest BCUT2D eigenvalue weighted by molar-refractivity contribution is 5.99.